The van der Waals surface area contributed by atoms with Gasteiger partial charge in [-0.25, -0.2) is 13.2 Å². The molecule has 0 spiro atoms. The van der Waals surface area contributed by atoms with E-state index in [2.05, 4.69) is 0 Å². The molecule has 6 nitrogen and oxygen atoms in total. The molecule has 0 bridgehead atoms. The lowest BCUT2D eigenvalue weighted by Gasteiger charge is -2.14. The highest BCUT2D eigenvalue weighted by Gasteiger charge is 2.22. The molecule has 0 fully saturated rings. The number of halogens is 1. The largest absolute Gasteiger partial charge is 0.478 e. The number of rotatable bonds is 5. The molecule has 8 heteroatoms. The lowest BCUT2D eigenvalue weighted by Crippen LogP contribution is -2.14. The number of carboxylic acids is 1. The van der Waals surface area contributed by atoms with Crippen LogP contribution < -0.4 is 0 Å². The summed E-state index contributed by atoms with van der Waals surface area (Å²) in [6, 6.07) is 2.55. The summed E-state index contributed by atoms with van der Waals surface area (Å²) in [7, 11) is -3.36. The van der Waals surface area contributed by atoms with Crippen LogP contribution >= 0.6 is 11.6 Å². The van der Waals surface area contributed by atoms with Crippen molar-refractivity contribution in [1.29, 1.82) is 5.41 Å². The van der Waals surface area contributed by atoms with Crippen LogP contribution in [0.5, 0.6) is 0 Å². The summed E-state index contributed by atoms with van der Waals surface area (Å²) in [5.41, 5.74) is 0.0307. The van der Waals surface area contributed by atoms with Crippen molar-refractivity contribution in [2.24, 2.45) is 0 Å². The zero-order valence-electron chi connectivity index (χ0n) is 10.9. The standard InChI is InChI=1S/C12H14ClNO5S/c1-3-19-11(14)9-7(6-20(2,17)18)4-5-8(10(9)13)12(15)16/h4-5,14H,3,6H2,1-2H3,(H,15,16). The van der Waals surface area contributed by atoms with E-state index < -0.39 is 15.8 Å². The maximum Gasteiger partial charge on any atom is 0.337 e. The normalized spacial score (nSPS) is 11.2. The molecule has 1 rings (SSSR count). The van der Waals surface area contributed by atoms with Crippen LogP contribution in [0.4, 0.5) is 0 Å². The van der Waals surface area contributed by atoms with Crippen LogP contribution in [0.15, 0.2) is 12.1 Å². The fourth-order valence-corrected chi connectivity index (χ4v) is 2.80. The molecule has 110 valence electrons. The van der Waals surface area contributed by atoms with Gasteiger partial charge in [-0.05, 0) is 18.6 Å². The third-order valence-electron chi connectivity index (χ3n) is 2.39. The molecule has 0 radical (unpaired) electrons. The Morgan fingerprint density at radius 3 is 2.50 bits per heavy atom. The molecule has 0 aliphatic carbocycles. The lowest BCUT2D eigenvalue weighted by molar-refractivity contribution is 0.0697. The maximum absolute atomic E-state index is 11.4. The maximum atomic E-state index is 11.4. The van der Waals surface area contributed by atoms with Gasteiger partial charge in [-0.1, -0.05) is 17.7 Å². The number of sulfone groups is 1. The first-order valence-electron chi connectivity index (χ1n) is 5.61. The number of carbonyl (C=O) groups is 1. The summed E-state index contributed by atoms with van der Waals surface area (Å²) in [6.07, 6.45) is 1.04. The van der Waals surface area contributed by atoms with Crippen molar-refractivity contribution in [3.8, 4) is 0 Å². The van der Waals surface area contributed by atoms with E-state index in [1.807, 2.05) is 0 Å². The van der Waals surface area contributed by atoms with E-state index in [0.29, 0.717) is 0 Å². The van der Waals surface area contributed by atoms with Crippen LogP contribution in [0.25, 0.3) is 0 Å². The lowest BCUT2D eigenvalue weighted by atomic mass is 10.0. The number of hydrogen-bond acceptors (Lipinski definition) is 5. The molecule has 0 unspecified atom stereocenters. The number of hydrogen-bond donors (Lipinski definition) is 2. The first-order chi connectivity index (χ1) is 9.17. The van der Waals surface area contributed by atoms with Gasteiger partial charge < -0.3 is 9.84 Å². The Morgan fingerprint density at radius 1 is 1.45 bits per heavy atom. The van der Waals surface area contributed by atoms with E-state index in [9.17, 15) is 13.2 Å². The van der Waals surface area contributed by atoms with Crippen molar-refractivity contribution in [3.63, 3.8) is 0 Å². The average molecular weight is 320 g/mol. The van der Waals surface area contributed by atoms with Crippen LogP contribution in [0.2, 0.25) is 5.02 Å². The molecular weight excluding hydrogens is 306 g/mol. The minimum absolute atomic E-state index is 0.00107. The third kappa shape index (κ3) is 3.94. The Morgan fingerprint density at radius 2 is 2.05 bits per heavy atom. The Labute approximate surface area is 121 Å². The molecule has 0 amide bonds. The Balaban J connectivity index is 3.49. The second-order valence-corrected chi connectivity index (χ2v) is 6.62. The molecule has 0 saturated heterocycles. The second kappa shape index (κ2) is 6.23. The van der Waals surface area contributed by atoms with Crippen LogP contribution in [0.1, 0.15) is 28.4 Å². The highest BCUT2D eigenvalue weighted by Crippen LogP contribution is 2.27. The monoisotopic (exact) mass is 319 g/mol. The average Bonchev–Trinajstić information content (AvgIpc) is 2.26. The molecule has 0 aliphatic heterocycles. The number of nitrogens with one attached hydrogen (secondary N) is 1. The topological polar surface area (TPSA) is 105 Å². The van der Waals surface area contributed by atoms with Gasteiger partial charge in [0, 0.05) is 6.26 Å². The van der Waals surface area contributed by atoms with Gasteiger partial charge >= 0.3 is 5.97 Å². The van der Waals surface area contributed by atoms with E-state index in [1.165, 1.54) is 12.1 Å². The fraction of sp³-hybridized carbons (Fsp3) is 0.333. The zero-order chi connectivity index (χ0) is 15.5. The minimum Gasteiger partial charge on any atom is -0.478 e. The fourth-order valence-electron chi connectivity index (χ4n) is 1.65. The van der Waals surface area contributed by atoms with E-state index in [1.54, 1.807) is 6.92 Å². The van der Waals surface area contributed by atoms with Crippen LogP contribution in [-0.2, 0) is 20.3 Å². The minimum atomic E-state index is -3.36. The summed E-state index contributed by atoms with van der Waals surface area (Å²) in [4.78, 5) is 11.0. The highest BCUT2D eigenvalue weighted by molar-refractivity contribution is 7.89. The van der Waals surface area contributed by atoms with Gasteiger partial charge in [0.2, 0.25) is 5.90 Å². The number of aromatic carboxylic acids is 1. The Hall–Kier alpha value is -1.60. The SMILES string of the molecule is CCOC(=N)c1c(CS(C)(=O)=O)ccc(C(=O)O)c1Cl. The van der Waals surface area contributed by atoms with Crippen LogP contribution in [0.3, 0.4) is 0 Å². The summed E-state index contributed by atoms with van der Waals surface area (Å²) >= 11 is 5.97. The van der Waals surface area contributed by atoms with Gasteiger partial charge in [-0.2, -0.15) is 0 Å². The van der Waals surface area contributed by atoms with Crippen molar-refractivity contribution in [2.45, 2.75) is 12.7 Å². The van der Waals surface area contributed by atoms with Crippen molar-refractivity contribution < 1.29 is 23.1 Å². The quantitative estimate of drug-likeness (QED) is 0.637. The molecule has 0 atom stereocenters. The van der Waals surface area contributed by atoms with Crippen molar-refractivity contribution in [1.82, 2.24) is 0 Å². The predicted molar refractivity (Wildman–Crippen MR) is 75.4 cm³/mol. The van der Waals surface area contributed by atoms with E-state index in [4.69, 9.17) is 26.9 Å². The van der Waals surface area contributed by atoms with Gasteiger partial charge in [0.25, 0.3) is 0 Å². The van der Waals surface area contributed by atoms with Crippen molar-refractivity contribution in [2.75, 3.05) is 12.9 Å². The number of benzene rings is 1. The number of ether oxygens (including phenoxy) is 1. The smallest absolute Gasteiger partial charge is 0.337 e. The first kappa shape index (κ1) is 16.5. The van der Waals surface area contributed by atoms with Gasteiger partial charge in [0.1, 0.15) is 0 Å². The molecule has 1 aromatic rings. The Kier molecular flexibility index (Phi) is 5.13. The van der Waals surface area contributed by atoms with Gasteiger partial charge in [0.15, 0.2) is 9.84 Å². The zero-order valence-corrected chi connectivity index (χ0v) is 12.5. The van der Waals surface area contributed by atoms with E-state index in [0.717, 1.165) is 6.26 Å². The van der Waals surface area contributed by atoms with Crippen molar-refractivity contribution >= 4 is 33.3 Å². The molecule has 0 heterocycles. The molecule has 0 aliphatic rings. The highest BCUT2D eigenvalue weighted by atomic mass is 35.5. The molecular formula is C12H14ClNO5S. The number of carboxylic acid groups (broad SMARTS) is 1. The third-order valence-corrected chi connectivity index (χ3v) is 3.62. The summed E-state index contributed by atoms with van der Waals surface area (Å²) in [6.45, 7) is 1.84. The predicted octanol–water partition coefficient (Wildman–Crippen LogP) is 1.94. The van der Waals surface area contributed by atoms with Crippen LogP contribution in [0, 0.1) is 5.41 Å². The molecule has 1 aromatic carbocycles. The van der Waals surface area contributed by atoms with Gasteiger partial charge in [-0.3, -0.25) is 5.41 Å². The summed E-state index contributed by atoms with van der Waals surface area (Å²) < 4.78 is 27.8. The first-order valence-corrected chi connectivity index (χ1v) is 8.05. The molecule has 20 heavy (non-hydrogen) atoms. The van der Waals surface area contributed by atoms with E-state index in [-0.39, 0.29) is 40.0 Å². The Bertz CT molecular complexity index is 654. The molecule has 2 N–H and O–H groups in total. The van der Waals surface area contributed by atoms with Crippen LogP contribution in [-0.4, -0.2) is 38.3 Å². The molecule has 0 aromatic heterocycles. The van der Waals surface area contributed by atoms with Crippen molar-refractivity contribution in [3.05, 3.63) is 33.8 Å². The summed E-state index contributed by atoms with van der Waals surface area (Å²) in [5.74, 6) is -1.96. The summed E-state index contributed by atoms with van der Waals surface area (Å²) in [5, 5.41) is 16.6. The van der Waals surface area contributed by atoms with Gasteiger partial charge in [-0.15, -0.1) is 0 Å². The van der Waals surface area contributed by atoms with Gasteiger partial charge in [0.05, 0.1) is 28.5 Å². The van der Waals surface area contributed by atoms with E-state index >= 15 is 0 Å². The second-order valence-electron chi connectivity index (χ2n) is 4.10. The molecule has 0 saturated carbocycles.